The molecule has 126 valence electrons. The van der Waals surface area contributed by atoms with Crippen molar-refractivity contribution in [3.05, 3.63) is 65.4 Å². The fourth-order valence-electron chi connectivity index (χ4n) is 3.00. The Labute approximate surface area is 145 Å². The van der Waals surface area contributed by atoms with Gasteiger partial charge < -0.3 is 16.6 Å². The molecular weight excluding hydrogens is 314 g/mol. The number of aryl methyl sites for hydroxylation is 1. The van der Waals surface area contributed by atoms with E-state index in [4.69, 9.17) is 11.5 Å². The summed E-state index contributed by atoms with van der Waals surface area (Å²) >= 11 is 0. The summed E-state index contributed by atoms with van der Waals surface area (Å²) in [6.07, 6.45) is 1.68. The molecule has 2 aromatic carbocycles. The van der Waals surface area contributed by atoms with E-state index < -0.39 is 5.91 Å². The second-order valence-corrected chi connectivity index (χ2v) is 5.97. The number of amides is 1. The van der Waals surface area contributed by atoms with E-state index in [0.717, 1.165) is 16.7 Å². The van der Waals surface area contributed by atoms with Crippen LogP contribution in [0.3, 0.4) is 0 Å². The molecule has 25 heavy (non-hydrogen) atoms. The first kappa shape index (κ1) is 16.5. The van der Waals surface area contributed by atoms with Gasteiger partial charge in [-0.05, 0) is 60.9 Å². The van der Waals surface area contributed by atoms with Gasteiger partial charge in [0, 0.05) is 17.3 Å². The Hall–Kier alpha value is -3.34. The predicted octanol–water partition coefficient (Wildman–Crippen LogP) is 3.42. The second-order valence-electron chi connectivity index (χ2n) is 5.97. The van der Waals surface area contributed by atoms with E-state index in [-0.39, 0.29) is 11.3 Å². The minimum absolute atomic E-state index is 0.170. The number of pyridine rings is 1. The lowest BCUT2D eigenvalue weighted by Gasteiger charge is -2.17. The number of anilines is 1. The number of phenols is 1. The van der Waals surface area contributed by atoms with E-state index in [1.54, 1.807) is 18.3 Å². The van der Waals surface area contributed by atoms with E-state index in [0.29, 0.717) is 22.5 Å². The zero-order valence-electron chi connectivity index (χ0n) is 14.1. The molecule has 0 aliphatic heterocycles. The molecule has 1 heterocycles. The summed E-state index contributed by atoms with van der Waals surface area (Å²) in [6, 6.07) is 12.5. The largest absolute Gasteiger partial charge is 0.508 e. The number of nitrogens with zero attached hydrogens (tertiary/aromatic N) is 1. The van der Waals surface area contributed by atoms with E-state index >= 15 is 0 Å². The summed E-state index contributed by atoms with van der Waals surface area (Å²) in [6.45, 7) is 3.74. The number of phenolic OH excluding ortho intramolecular Hbond substituents is 1. The van der Waals surface area contributed by atoms with Crippen LogP contribution < -0.4 is 11.5 Å². The van der Waals surface area contributed by atoms with Crippen molar-refractivity contribution in [2.75, 3.05) is 5.73 Å². The predicted molar refractivity (Wildman–Crippen MR) is 99.2 cm³/mol. The van der Waals surface area contributed by atoms with Gasteiger partial charge in [-0.1, -0.05) is 12.1 Å². The van der Waals surface area contributed by atoms with E-state index in [2.05, 4.69) is 4.98 Å². The lowest BCUT2D eigenvalue weighted by atomic mass is 9.90. The molecule has 0 bridgehead atoms. The number of aromatic hydroxyl groups is 1. The normalized spacial score (nSPS) is 10.6. The first-order chi connectivity index (χ1) is 11.9. The van der Waals surface area contributed by atoms with Crippen molar-refractivity contribution in [2.24, 2.45) is 5.73 Å². The summed E-state index contributed by atoms with van der Waals surface area (Å²) in [5.41, 5.74) is 16.8. The molecular formula is C20H19N3O2. The molecule has 0 radical (unpaired) electrons. The second kappa shape index (κ2) is 6.28. The van der Waals surface area contributed by atoms with E-state index in [9.17, 15) is 9.90 Å². The van der Waals surface area contributed by atoms with Gasteiger partial charge in [0.1, 0.15) is 5.75 Å². The van der Waals surface area contributed by atoms with Crippen LogP contribution in [0.5, 0.6) is 5.75 Å². The quantitative estimate of drug-likeness (QED) is 0.639. The number of nitrogen functional groups attached to an aromatic ring is 1. The number of carbonyl (C=O) groups excluding carboxylic acids is 1. The van der Waals surface area contributed by atoms with Crippen molar-refractivity contribution in [2.45, 2.75) is 13.8 Å². The van der Waals surface area contributed by atoms with Gasteiger partial charge in [-0.15, -0.1) is 0 Å². The zero-order valence-corrected chi connectivity index (χ0v) is 14.1. The first-order valence-electron chi connectivity index (χ1n) is 7.84. The van der Waals surface area contributed by atoms with Crippen LogP contribution in [0, 0.1) is 13.8 Å². The first-order valence-corrected chi connectivity index (χ1v) is 7.84. The lowest BCUT2D eigenvalue weighted by Crippen LogP contribution is -2.14. The fraction of sp³-hybridized carbons (Fsp3) is 0.100. The van der Waals surface area contributed by atoms with Crippen molar-refractivity contribution < 1.29 is 9.90 Å². The number of hydrogen-bond donors (Lipinski definition) is 3. The summed E-state index contributed by atoms with van der Waals surface area (Å²) in [7, 11) is 0. The van der Waals surface area contributed by atoms with Gasteiger partial charge in [0.15, 0.2) is 0 Å². The molecule has 0 fully saturated rings. The Bertz CT molecular complexity index is 966. The van der Waals surface area contributed by atoms with Gasteiger partial charge in [0.05, 0.1) is 16.9 Å². The fourth-order valence-corrected chi connectivity index (χ4v) is 3.00. The molecule has 5 nitrogen and oxygen atoms in total. The lowest BCUT2D eigenvalue weighted by molar-refractivity contribution is 0.100. The Morgan fingerprint density at radius 1 is 1.12 bits per heavy atom. The number of aromatic nitrogens is 1. The van der Waals surface area contributed by atoms with Crippen LogP contribution in [0.15, 0.2) is 48.7 Å². The van der Waals surface area contributed by atoms with Crippen molar-refractivity contribution in [1.29, 1.82) is 0 Å². The molecule has 1 aromatic heterocycles. The summed E-state index contributed by atoms with van der Waals surface area (Å²) in [5.74, 6) is -0.434. The number of nitrogens with two attached hydrogens (primary N) is 2. The Kier molecular flexibility index (Phi) is 4.15. The zero-order chi connectivity index (χ0) is 18.1. The van der Waals surface area contributed by atoms with Gasteiger partial charge in [0.25, 0.3) is 5.91 Å². The summed E-state index contributed by atoms with van der Waals surface area (Å²) < 4.78 is 0. The van der Waals surface area contributed by atoms with Crippen molar-refractivity contribution in [1.82, 2.24) is 4.98 Å². The van der Waals surface area contributed by atoms with Crippen molar-refractivity contribution in [3.8, 4) is 28.1 Å². The summed E-state index contributed by atoms with van der Waals surface area (Å²) in [5, 5.41) is 10.1. The van der Waals surface area contributed by atoms with Crippen LogP contribution in [0.4, 0.5) is 5.69 Å². The Balaban J connectivity index is 2.36. The molecule has 5 N–H and O–H groups in total. The van der Waals surface area contributed by atoms with Crippen LogP contribution in [-0.2, 0) is 0 Å². The van der Waals surface area contributed by atoms with E-state index in [1.807, 2.05) is 44.2 Å². The third kappa shape index (κ3) is 2.92. The minimum Gasteiger partial charge on any atom is -0.508 e. The molecule has 3 rings (SSSR count). The van der Waals surface area contributed by atoms with E-state index in [1.165, 1.54) is 0 Å². The topological polar surface area (TPSA) is 102 Å². The molecule has 0 saturated heterocycles. The molecule has 1 amide bonds. The highest BCUT2D eigenvalue weighted by atomic mass is 16.3. The SMILES string of the molecule is Cc1ccc(O)c(C)c1-c1cc(-c2ccccn2)cc(C(N)=O)c1N. The van der Waals surface area contributed by atoms with Gasteiger partial charge in [0.2, 0.25) is 0 Å². The average Bonchev–Trinajstić information content (AvgIpc) is 2.60. The molecule has 0 spiro atoms. The van der Waals surface area contributed by atoms with Crippen LogP contribution in [0.25, 0.3) is 22.4 Å². The van der Waals surface area contributed by atoms with Crippen LogP contribution in [0.1, 0.15) is 21.5 Å². The highest BCUT2D eigenvalue weighted by Gasteiger charge is 2.18. The molecule has 0 saturated carbocycles. The minimum atomic E-state index is -0.605. The van der Waals surface area contributed by atoms with Gasteiger partial charge in [-0.3, -0.25) is 9.78 Å². The van der Waals surface area contributed by atoms with Crippen molar-refractivity contribution >= 4 is 11.6 Å². The third-order valence-electron chi connectivity index (χ3n) is 4.32. The smallest absolute Gasteiger partial charge is 0.250 e. The third-order valence-corrected chi connectivity index (χ3v) is 4.32. The molecule has 0 aliphatic rings. The molecule has 0 unspecified atom stereocenters. The van der Waals surface area contributed by atoms with Gasteiger partial charge in [-0.2, -0.15) is 0 Å². The summed E-state index contributed by atoms with van der Waals surface area (Å²) in [4.78, 5) is 16.2. The molecule has 0 atom stereocenters. The number of rotatable bonds is 3. The Morgan fingerprint density at radius 3 is 2.52 bits per heavy atom. The number of benzene rings is 2. The maximum atomic E-state index is 11.9. The van der Waals surface area contributed by atoms with Crippen molar-refractivity contribution in [3.63, 3.8) is 0 Å². The molecule has 3 aromatic rings. The average molecular weight is 333 g/mol. The molecule has 5 heteroatoms. The number of carbonyl (C=O) groups is 1. The standard InChI is InChI=1S/C20H19N3O2/c1-11-6-7-17(24)12(2)18(11)14-9-13(16-5-3-4-8-23-16)10-15(19(14)21)20(22)25/h3-10,24H,21H2,1-2H3,(H2,22,25). The van der Waals surface area contributed by atoms with Crippen LogP contribution in [-0.4, -0.2) is 16.0 Å². The van der Waals surface area contributed by atoms with Gasteiger partial charge >= 0.3 is 0 Å². The maximum Gasteiger partial charge on any atom is 0.250 e. The monoisotopic (exact) mass is 333 g/mol. The van der Waals surface area contributed by atoms with Crippen LogP contribution in [0.2, 0.25) is 0 Å². The number of primary amides is 1. The maximum absolute atomic E-state index is 11.9. The number of hydrogen-bond acceptors (Lipinski definition) is 4. The highest BCUT2D eigenvalue weighted by molar-refractivity contribution is 6.04. The molecule has 0 aliphatic carbocycles. The van der Waals surface area contributed by atoms with Crippen LogP contribution >= 0.6 is 0 Å². The highest BCUT2D eigenvalue weighted by Crippen LogP contribution is 2.39. The van der Waals surface area contributed by atoms with Gasteiger partial charge in [-0.25, -0.2) is 0 Å². The Morgan fingerprint density at radius 2 is 1.88 bits per heavy atom.